The monoisotopic (exact) mass is 428 g/mol. The van der Waals surface area contributed by atoms with Crippen LogP contribution in [0.4, 0.5) is 5.69 Å². The van der Waals surface area contributed by atoms with Gasteiger partial charge in [0, 0.05) is 42.8 Å². The van der Waals surface area contributed by atoms with Crippen molar-refractivity contribution >= 4 is 32.6 Å². The number of halogens is 1. The molecule has 27 heavy (non-hydrogen) atoms. The van der Waals surface area contributed by atoms with Crippen LogP contribution >= 0.6 is 15.9 Å². The lowest BCUT2D eigenvalue weighted by atomic mass is 10.1. The van der Waals surface area contributed by atoms with E-state index in [2.05, 4.69) is 32.8 Å². The number of likely N-dealkylation sites (N-methyl/N-ethyl adjacent to an activating group) is 1. The zero-order valence-electron chi connectivity index (χ0n) is 15.1. The quantitative estimate of drug-likeness (QED) is 0.642. The number of nitrogens with zero attached hydrogens (tertiary/aromatic N) is 2. The molecule has 1 N–H and O–H groups in total. The van der Waals surface area contributed by atoms with E-state index in [9.17, 15) is 9.90 Å². The molecule has 0 saturated carbocycles. The van der Waals surface area contributed by atoms with Crippen molar-refractivity contribution in [2.75, 3.05) is 38.1 Å². The van der Waals surface area contributed by atoms with Gasteiger partial charge < -0.3 is 19.3 Å². The number of rotatable bonds is 3. The van der Waals surface area contributed by atoms with Crippen LogP contribution in [0.5, 0.6) is 5.75 Å². The first-order valence-corrected chi connectivity index (χ1v) is 10.1. The van der Waals surface area contributed by atoms with Crippen LogP contribution < -0.4 is 10.3 Å². The Bertz CT molecular complexity index is 1020. The third-order valence-electron chi connectivity index (χ3n) is 5.08. The summed E-state index contributed by atoms with van der Waals surface area (Å²) in [5.41, 5.74) is 2.85. The molecule has 1 fully saturated rings. The summed E-state index contributed by atoms with van der Waals surface area (Å²) in [6, 6.07) is 13.2. The van der Waals surface area contributed by atoms with Crippen LogP contribution in [0.15, 0.2) is 51.7 Å². The van der Waals surface area contributed by atoms with Gasteiger partial charge in [-0.3, -0.25) is 4.79 Å². The van der Waals surface area contributed by atoms with Gasteiger partial charge in [-0.2, -0.15) is 0 Å². The van der Waals surface area contributed by atoms with Gasteiger partial charge in [0.1, 0.15) is 5.58 Å². The third-order valence-corrected chi connectivity index (χ3v) is 5.73. The van der Waals surface area contributed by atoms with Crippen molar-refractivity contribution in [1.29, 1.82) is 0 Å². The van der Waals surface area contributed by atoms with Gasteiger partial charge in [0.25, 0.3) is 0 Å². The molecule has 2 aromatic carbocycles. The highest BCUT2D eigenvalue weighted by Crippen LogP contribution is 2.31. The molecule has 3 aromatic rings. The molecule has 0 aliphatic carbocycles. The molecular formula is C21H21BrN2O3. The first-order valence-electron chi connectivity index (χ1n) is 8.95. The van der Waals surface area contributed by atoms with E-state index in [1.165, 1.54) is 0 Å². The van der Waals surface area contributed by atoms with Crippen molar-refractivity contribution in [3.63, 3.8) is 0 Å². The summed E-state index contributed by atoms with van der Waals surface area (Å²) in [6.07, 6.45) is 0. The first kappa shape index (κ1) is 18.1. The second kappa shape index (κ2) is 7.37. The fourth-order valence-electron chi connectivity index (χ4n) is 3.40. The van der Waals surface area contributed by atoms with E-state index < -0.39 is 5.43 Å². The number of hydrogen-bond acceptors (Lipinski definition) is 5. The Balaban J connectivity index is 1.70. The lowest BCUT2D eigenvalue weighted by Gasteiger charge is -2.34. The maximum Gasteiger partial charge on any atom is 0.235 e. The largest absolute Gasteiger partial charge is 0.502 e. The molecule has 0 atom stereocenters. The molecule has 2 heterocycles. The molecule has 0 amide bonds. The summed E-state index contributed by atoms with van der Waals surface area (Å²) in [5, 5.41) is 11.5. The molecule has 5 nitrogen and oxygen atoms in total. The Morgan fingerprint density at radius 1 is 1.07 bits per heavy atom. The third kappa shape index (κ3) is 3.47. The fraction of sp³-hybridized carbons (Fsp3) is 0.286. The van der Waals surface area contributed by atoms with Crippen molar-refractivity contribution < 1.29 is 9.52 Å². The minimum atomic E-state index is -0.405. The Morgan fingerprint density at radius 2 is 1.78 bits per heavy atom. The number of fused-ring (bicyclic) bond motifs is 1. The summed E-state index contributed by atoms with van der Waals surface area (Å²) >= 11 is 3.38. The standard InChI is InChI=1S/C21H21BrN2O3/c1-23-8-10-24(11-9-23)16-5-3-15(4-6-16)21-20(26)19(25)17-12-14(13-22)2-7-18(17)27-21/h2-7,12,26H,8-11,13H2,1H3. The average molecular weight is 429 g/mol. The van der Waals surface area contributed by atoms with Crippen LogP contribution in [0, 0.1) is 0 Å². The lowest BCUT2D eigenvalue weighted by Crippen LogP contribution is -2.44. The highest BCUT2D eigenvalue weighted by atomic mass is 79.9. The molecule has 0 bridgehead atoms. The molecule has 0 spiro atoms. The van der Waals surface area contributed by atoms with Crippen LogP contribution in [0.2, 0.25) is 0 Å². The average Bonchev–Trinajstić information content (AvgIpc) is 2.71. The van der Waals surface area contributed by atoms with Gasteiger partial charge in [0.15, 0.2) is 5.76 Å². The topological polar surface area (TPSA) is 56.9 Å². The molecule has 6 heteroatoms. The predicted molar refractivity (Wildman–Crippen MR) is 112 cm³/mol. The Labute approximate surface area is 166 Å². The van der Waals surface area contributed by atoms with Crippen LogP contribution in [-0.2, 0) is 5.33 Å². The van der Waals surface area contributed by atoms with Crippen molar-refractivity contribution in [3.05, 3.63) is 58.3 Å². The minimum Gasteiger partial charge on any atom is -0.502 e. The maximum absolute atomic E-state index is 12.6. The van der Waals surface area contributed by atoms with Crippen molar-refractivity contribution in [2.45, 2.75) is 5.33 Å². The van der Waals surface area contributed by atoms with Gasteiger partial charge in [-0.25, -0.2) is 0 Å². The first-order chi connectivity index (χ1) is 13.1. The molecule has 1 aromatic heterocycles. The smallest absolute Gasteiger partial charge is 0.235 e. The number of aromatic hydroxyl groups is 1. The van der Waals surface area contributed by atoms with Gasteiger partial charge in [-0.15, -0.1) is 0 Å². The number of hydrogen-bond donors (Lipinski definition) is 1. The zero-order chi connectivity index (χ0) is 19.0. The van der Waals surface area contributed by atoms with Crippen LogP contribution in [0.1, 0.15) is 5.56 Å². The molecule has 1 aliphatic heterocycles. The van der Waals surface area contributed by atoms with Gasteiger partial charge in [0.2, 0.25) is 11.2 Å². The second-order valence-electron chi connectivity index (χ2n) is 6.91. The highest BCUT2D eigenvalue weighted by Gasteiger charge is 2.17. The van der Waals surface area contributed by atoms with Crippen molar-refractivity contribution in [2.24, 2.45) is 0 Å². The Kier molecular flexibility index (Phi) is 4.93. The minimum absolute atomic E-state index is 0.212. The molecule has 0 radical (unpaired) electrons. The van der Waals surface area contributed by atoms with Crippen LogP contribution in [0.3, 0.4) is 0 Å². The second-order valence-corrected chi connectivity index (χ2v) is 7.47. The Morgan fingerprint density at radius 3 is 2.44 bits per heavy atom. The summed E-state index contributed by atoms with van der Waals surface area (Å²) in [4.78, 5) is 17.2. The Hall–Kier alpha value is -2.31. The van der Waals surface area contributed by atoms with Crippen LogP contribution in [-0.4, -0.2) is 43.2 Å². The van der Waals surface area contributed by atoms with E-state index in [0.29, 0.717) is 21.9 Å². The fourth-order valence-corrected chi connectivity index (χ4v) is 3.75. The molecule has 1 saturated heterocycles. The van der Waals surface area contributed by atoms with E-state index in [1.807, 2.05) is 30.3 Å². The maximum atomic E-state index is 12.6. The molecule has 1 aliphatic rings. The van der Waals surface area contributed by atoms with E-state index in [1.54, 1.807) is 12.1 Å². The summed E-state index contributed by atoms with van der Waals surface area (Å²) in [6.45, 7) is 4.06. The SMILES string of the molecule is CN1CCN(c2ccc(-c3oc4ccc(CBr)cc4c(=O)c3O)cc2)CC1. The van der Waals surface area contributed by atoms with E-state index in [4.69, 9.17) is 4.42 Å². The summed E-state index contributed by atoms with van der Waals surface area (Å²) < 4.78 is 5.87. The molecular weight excluding hydrogens is 408 g/mol. The normalized spacial score (nSPS) is 15.4. The van der Waals surface area contributed by atoms with Crippen molar-refractivity contribution in [1.82, 2.24) is 4.90 Å². The predicted octanol–water partition coefficient (Wildman–Crippen LogP) is 3.81. The van der Waals surface area contributed by atoms with E-state index in [-0.39, 0.29) is 11.5 Å². The number of anilines is 1. The van der Waals surface area contributed by atoms with Gasteiger partial charge in [-0.1, -0.05) is 22.0 Å². The summed E-state index contributed by atoms with van der Waals surface area (Å²) in [7, 11) is 2.13. The molecule has 4 rings (SSSR count). The summed E-state index contributed by atoms with van der Waals surface area (Å²) in [5.74, 6) is -0.134. The highest BCUT2D eigenvalue weighted by molar-refractivity contribution is 9.08. The van der Waals surface area contributed by atoms with Gasteiger partial charge in [-0.05, 0) is 49.0 Å². The number of piperazine rings is 1. The van der Waals surface area contributed by atoms with E-state index in [0.717, 1.165) is 37.4 Å². The molecule has 0 unspecified atom stereocenters. The number of alkyl halides is 1. The van der Waals surface area contributed by atoms with Gasteiger partial charge >= 0.3 is 0 Å². The zero-order valence-corrected chi connectivity index (χ0v) is 16.7. The number of benzene rings is 2. The van der Waals surface area contributed by atoms with E-state index >= 15 is 0 Å². The lowest BCUT2D eigenvalue weighted by molar-refractivity contribution is 0.313. The van der Waals surface area contributed by atoms with Crippen LogP contribution in [0.25, 0.3) is 22.3 Å². The van der Waals surface area contributed by atoms with Crippen molar-refractivity contribution in [3.8, 4) is 17.1 Å². The van der Waals surface area contributed by atoms with Gasteiger partial charge in [0.05, 0.1) is 5.39 Å². The molecule has 140 valence electrons.